The highest BCUT2D eigenvalue weighted by atomic mass is 16.6. The van der Waals surface area contributed by atoms with E-state index in [1.54, 1.807) is 48.5 Å². The van der Waals surface area contributed by atoms with Crippen LogP contribution in [0.15, 0.2) is 60.9 Å². The molecular weight excluding hydrogens is 428 g/mol. The summed E-state index contributed by atoms with van der Waals surface area (Å²) in [5.74, 6) is -3.80. The van der Waals surface area contributed by atoms with E-state index in [9.17, 15) is 29.4 Å². The molecule has 0 fully saturated rings. The maximum atomic E-state index is 12.8. The summed E-state index contributed by atoms with van der Waals surface area (Å²) in [6.07, 6.45) is 3.04. The van der Waals surface area contributed by atoms with Crippen LogP contribution in [0, 0.1) is 0 Å². The second-order valence-corrected chi connectivity index (χ2v) is 7.59. The standard InChI is InChI=1S/C24H16N2O7/c27-19(28)11-25-9-15(13-5-1-3-7-17(13)25)21-22(24(32)33-23(21)31)16-10-26(12-20(29)30)18-8-4-2-6-14(16)18/h1-10H,11-12H2,(H,27,28)(H,29,30). The first-order chi connectivity index (χ1) is 15.8. The van der Waals surface area contributed by atoms with Crippen LogP contribution in [-0.2, 0) is 37.0 Å². The number of cyclic esters (lactones) is 2. The Morgan fingerprint density at radius 2 is 1.09 bits per heavy atom. The van der Waals surface area contributed by atoms with E-state index in [1.165, 1.54) is 21.5 Å². The van der Waals surface area contributed by atoms with E-state index in [4.69, 9.17) is 4.74 Å². The van der Waals surface area contributed by atoms with E-state index >= 15 is 0 Å². The van der Waals surface area contributed by atoms with E-state index in [1.807, 2.05) is 0 Å². The van der Waals surface area contributed by atoms with Crippen molar-refractivity contribution in [2.45, 2.75) is 13.1 Å². The van der Waals surface area contributed by atoms with Gasteiger partial charge in [0.2, 0.25) is 0 Å². The van der Waals surface area contributed by atoms with Crippen molar-refractivity contribution in [1.82, 2.24) is 9.13 Å². The number of aromatic nitrogens is 2. The predicted molar refractivity (Wildman–Crippen MR) is 117 cm³/mol. The molecule has 4 aromatic rings. The molecule has 33 heavy (non-hydrogen) atoms. The number of fused-ring (bicyclic) bond motifs is 2. The number of para-hydroxylation sites is 2. The number of carboxylic acid groups (broad SMARTS) is 2. The van der Waals surface area contributed by atoms with Crippen molar-refractivity contribution in [3.63, 3.8) is 0 Å². The third kappa shape index (κ3) is 3.26. The van der Waals surface area contributed by atoms with Crippen molar-refractivity contribution in [3.8, 4) is 0 Å². The largest absolute Gasteiger partial charge is 0.480 e. The lowest BCUT2D eigenvalue weighted by molar-refractivity contribution is -0.149. The Labute approximate surface area is 185 Å². The number of nitrogens with zero attached hydrogens (tertiary/aromatic N) is 2. The minimum atomic E-state index is -1.06. The summed E-state index contributed by atoms with van der Waals surface area (Å²) >= 11 is 0. The summed E-state index contributed by atoms with van der Waals surface area (Å²) in [6.45, 7) is -0.659. The lowest BCUT2D eigenvalue weighted by atomic mass is 9.95. The van der Waals surface area contributed by atoms with Crippen molar-refractivity contribution < 1.29 is 34.1 Å². The third-order valence-electron chi connectivity index (χ3n) is 5.57. The number of esters is 2. The average Bonchev–Trinajstić information content (AvgIpc) is 3.39. The molecule has 2 aromatic heterocycles. The monoisotopic (exact) mass is 444 g/mol. The molecule has 0 aliphatic carbocycles. The minimum absolute atomic E-state index is 0.0126. The van der Waals surface area contributed by atoms with Gasteiger partial charge in [-0.1, -0.05) is 36.4 Å². The Balaban J connectivity index is 1.81. The molecule has 1 aliphatic rings. The highest BCUT2D eigenvalue weighted by Gasteiger charge is 2.38. The highest BCUT2D eigenvalue weighted by molar-refractivity contribution is 6.46. The molecule has 0 saturated heterocycles. The quantitative estimate of drug-likeness (QED) is 0.346. The van der Waals surface area contributed by atoms with E-state index in [0.717, 1.165) is 0 Å². The summed E-state index contributed by atoms with van der Waals surface area (Å²) < 4.78 is 7.95. The van der Waals surface area contributed by atoms with Crippen LogP contribution in [0.25, 0.3) is 33.0 Å². The number of rotatable bonds is 6. The zero-order valence-corrected chi connectivity index (χ0v) is 17.0. The second kappa shape index (κ2) is 7.49. The minimum Gasteiger partial charge on any atom is -0.480 e. The smallest absolute Gasteiger partial charge is 0.347 e. The average molecular weight is 444 g/mol. The number of carbonyl (C=O) groups excluding carboxylic acids is 2. The molecule has 1 aliphatic heterocycles. The number of benzene rings is 2. The van der Waals surface area contributed by atoms with Crippen LogP contribution in [0.2, 0.25) is 0 Å². The number of carboxylic acids is 2. The maximum Gasteiger partial charge on any atom is 0.347 e. The fourth-order valence-electron chi connectivity index (χ4n) is 4.32. The summed E-state index contributed by atoms with van der Waals surface area (Å²) in [4.78, 5) is 48.4. The summed E-state index contributed by atoms with van der Waals surface area (Å²) in [5, 5.41) is 19.8. The lowest BCUT2D eigenvalue weighted by Crippen LogP contribution is -2.07. The van der Waals surface area contributed by atoms with Gasteiger partial charge in [-0.05, 0) is 12.1 Å². The molecule has 0 unspecified atom stereocenters. The molecule has 164 valence electrons. The molecule has 5 rings (SSSR count). The van der Waals surface area contributed by atoms with Gasteiger partial charge in [-0.15, -0.1) is 0 Å². The van der Waals surface area contributed by atoms with Crippen LogP contribution in [-0.4, -0.2) is 43.2 Å². The summed E-state index contributed by atoms with van der Waals surface area (Å²) in [7, 11) is 0. The van der Waals surface area contributed by atoms with E-state index < -0.39 is 23.9 Å². The number of carbonyl (C=O) groups is 4. The molecule has 0 radical (unpaired) electrons. The van der Waals surface area contributed by atoms with Crippen molar-refractivity contribution in [2.75, 3.05) is 0 Å². The molecule has 0 atom stereocenters. The van der Waals surface area contributed by atoms with Crippen LogP contribution in [0.5, 0.6) is 0 Å². The van der Waals surface area contributed by atoms with Crippen LogP contribution in [0.1, 0.15) is 11.1 Å². The molecule has 0 spiro atoms. The number of ether oxygens (including phenoxy) is 1. The number of hydrogen-bond donors (Lipinski definition) is 2. The molecule has 9 nitrogen and oxygen atoms in total. The van der Waals surface area contributed by atoms with Gasteiger partial charge in [0, 0.05) is 45.3 Å². The van der Waals surface area contributed by atoms with Crippen molar-refractivity contribution in [1.29, 1.82) is 0 Å². The van der Waals surface area contributed by atoms with Gasteiger partial charge in [-0.25, -0.2) is 9.59 Å². The van der Waals surface area contributed by atoms with E-state index in [2.05, 4.69) is 0 Å². The predicted octanol–water partition coefficient (Wildman–Crippen LogP) is 2.76. The maximum absolute atomic E-state index is 12.8. The Hall–Kier alpha value is -4.66. The molecule has 9 heteroatoms. The summed E-state index contributed by atoms with van der Waals surface area (Å²) in [6, 6.07) is 13.9. The SMILES string of the molecule is O=C(O)Cn1cc(C2=C(c3cn(CC(=O)O)c4ccccc34)C(=O)OC2=O)c2ccccc21. The van der Waals surface area contributed by atoms with Gasteiger partial charge in [0.15, 0.2) is 0 Å². The molecular formula is C24H16N2O7. The van der Waals surface area contributed by atoms with Crippen molar-refractivity contribution in [2.24, 2.45) is 0 Å². The van der Waals surface area contributed by atoms with Crippen LogP contribution >= 0.6 is 0 Å². The second-order valence-electron chi connectivity index (χ2n) is 7.59. The molecule has 0 amide bonds. The molecule has 2 aromatic carbocycles. The van der Waals surface area contributed by atoms with Gasteiger partial charge < -0.3 is 24.1 Å². The molecule has 2 N–H and O–H groups in total. The molecule has 0 bridgehead atoms. The van der Waals surface area contributed by atoms with Crippen LogP contribution in [0.3, 0.4) is 0 Å². The van der Waals surface area contributed by atoms with Gasteiger partial charge in [0.05, 0.1) is 11.1 Å². The first-order valence-electron chi connectivity index (χ1n) is 9.96. The third-order valence-corrected chi connectivity index (χ3v) is 5.57. The van der Waals surface area contributed by atoms with Crippen molar-refractivity contribution in [3.05, 3.63) is 72.1 Å². The van der Waals surface area contributed by atoms with Crippen molar-refractivity contribution >= 4 is 56.8 Å². The topological polar surface area (TPSA) is 128 Å². The number of hydrogen-bond acceptors (Lipinski definition) is 5. The van der Waals surface area contributed by atoms with Gasteiger partial charge in [0.25, 0.3) is 0 Å². The first kappa shape index (κ1) is 20.3. The van der Waals surface area contributed by atoms with Gasteiger partial charge in [0.1, 0.15) is 13.1 Å². The summed E-state index contributed by atoms with van der Waals surface area (Å²) in [5.41, 5.74) is 1.93. The van der Waals surface area contributed by atoms with Gasteiger partial charge in [-0.2, -0.15) is 0 Å². The zero-order chi connectivity index (χ0) is 23.3. The van der Waals surface area contributed by atoms with Crippen LogP contribution < -0.4 is 0 Å². The molecule has 3 heterocycles. The Kier molecular flexibility index (Phi) is 4.59. The normalized spacial score (nSPS) is 13.8. The zero-order valence-electron chi connectivity index (χ0n) is 17.0. The highest BCUT2D eigenvalue weighted by Crippen LogP contribution is 2.40. The van der Waals surface area contributed by atoms with Gasteiger partial charge in [-0.3, -0.25) is 9.59 Å². The lowest BCUT2D eigenvalue weighted by Gasteiger charge is -2.01. The Bertz CT molecular complexity index is 1420. The Morgan fingerprint density at radius 1 is 0.697 bits per heavy atom. The first-order valence-corrected chi connectivity index (χ1v) is 9.96. The van der Waals surface area contributed by atoms with Crippen LogP contribution in [0.4, 0.5) is 0 Å². The molecule has 0 saturated carbocycles. The van der Waals surface area contributed by atoms with Gasteiger partial charge >= 0.3 is 23.9 Å². The fourth-order valence-corrected chi connectivity index (χ4v) is 4.32. The Morgan fingerprint density at radius 3 is 1.48 bits per heavy atom. The fraction of sp³-hybridized carbons (Fsp3) is 0.0833. The van der Waals surface area contributed by atoms with E-state index in [0.29, 0.717) is 32.9 Å². The number of aliphatic carboxylic acids is 2. The van der Waals surface area contributed by atoms with E-state index in [-0.39, 0.29) is 24.2 Å².